The molecule has 0 unspecified atom stereocenters. The molecule has 0 heterocycles. The van der Waals surface area contributed by atoms with Crippen molar-refractivity contribution in [2.24, 2.45) is 0 Å². The molecule has 0 spiro atoms. The van der Waals surface area contributed by atoms with Crippen molar-refractivity contribution in [1.29, 1.82) is 0 Å². The summed E-state index contributed by atoms with van der Waals surface area (Å²) in [6.07, 6.45) is 0.799. The van der Waals surface area contributed by atoms with E-state index in [1.807, 2.05) is 61.5 Å². The first-order chi connectivity index (χ1) is 13.7. The van der Waals surface area contributed by atoms with Crippen molar-refractivity contribution >= 4 is 17.6 Å². The van der Waals surface area contributed by atoms with E-state index in [0.717, 1.165) is 17.7 Å². The van der Waals surface area contributed by atoms with E-state index in [1.54, 1.807) is 24.3 Å². The van der Waals surface area contributed by atoms with Crippen LogP contribution in [0.4, 0.5) is 5.69 Å². The van der Waals surface area contributed by atoms with Crippen molar-refractivity contribution in [3.8, 4) is 11.5 Å². The average Bonchev–Trinajstić information content (AvgIpc) is 2.74. The van der Waals surface area contributed by atoms with Gasteiger partial charge in [-0.1, -0.05) is 43.3 Å². The number of carbonyl (C=O) groups excluding carboxylic acids is 2. The summed E-state index contributed by atoms with van der Waals surface area (Å²) in [5, 5.41) is 2.77. The van der Waals surface area contributed by atoms with E-state index in [1.165, 1.54) is 0 Å². The molecule has 3 rings (SSSR count). The lowest BCUT2D eigenvalue weighted by Crippen LogP contribution is -2.21. The maximum atomic E-state index is 12.2. The van der Waals surface area contributed by atoms with Gasteiger partial charge in [-0.2, -0.15) is 0 Å². The number of anilines is 1. The number of esters is 1. The first kappa shape index (κ1) is 19.2. The number of para-hydroxylation sites is 2. The standard InChI is InChI=1S/C23H21NO4/c1-2-17-8-6-7-11-21(17)24-22(25)16-27-23(26)18-12-14-20(15-13-18)28-19-9-4-3-5-10-19/h3-15H,2,16H2,1H3,(H,24,25). The zero-order chi connectivity index (χ0) is 19.8. The molecule has 3 aromatic carbocycles. The third-order valence-electron chi connectivity index (χ3n) is 4.08. The van der Waals surface area contributed by atoms with Crippen LogP contribution in [0.25, 0.3) is 0 Å². The van der Waals surface area contributed by atoms with Crippen LogP contribution in [0.5, 0.6) is 11.5 Å². The number of carbonyl (C=O) groups is 2. The number of amides is 1. The van der Waals surface area contributed by atoms with Gasteiger partial charge in [-0.15, -0.1) is 0 Å². The molecule has 0 radical (unpaired) electrons. The topological polar surface area (TPSA) is 64.6 Å². The smallest absolute Gasteiger partial charge is 0.338 e. The normalized spacial score (nSPS) is 10.2. The van der Waals surface area contributed by atoms with Gasteiger partial charge in [0.2, 0.25) is 0 Å². The molecule has 5 nitrogen and oxygen atoms in total. The average molecular weight is 375 g/mol. The summed E-state index contributed by atoms with van der Waals surface area (Å²) in [5.74, 6) is 0.377. The van der Waals surface area contributed by atoms with Crippen molar-refractivity contribution in [1.82, 2.24) is 0 Å². The van der Waals surface area contributed by atoms with Crippen LogP contribution in [-0.2, 0) is 16.0 Å². The largest absolute Gasteiger partial charge is 0.457 e. The lowest BCUT2D eigenvalue weighted by Gasteiger charge is -2.10. The van der Waals surface area contributed by atoms with Crippen LogP contribution >= 0.6 is 0 Å². The quantitative estimate of drug-likeness (QED) is 0.600. The second-order valence-electron chi connectivity index (χ2n) is 6.07. The summed E-state index contributed by atoms with van der Waals surface area (Å²) in [7, 11) is 0. The fourth-order valence-electron chi connectivity index (χ4n) is 2.63. The van der Waals surface area contributed by atoms with Gasteiger partial charge in [-0.3, -0.25) is 4.79 Å². The zero-order valence-corrected chi connectivity index (χ0v) is 15.6. The number of ether oxygens (including phenoxy) is 2. The molecular formula is C23H21NO4. The number of hydrogen-bond donors (Lipinski definition) is 1. The maximum absolute atomic E-state index is 12.2. The third-order valence-corrected chi connectivity index (χ3v) is 4.08. The van der Waals surface area contributed by atoms with Gasteiger partial charge in [0.25, 0.3) is 5.91 Å². The van der Waals surface area contributed by atoms with Crippen molar-refractivity contribution in [3.05, 3.63) is 90.0 Å². The molecule has 1 N–H and O–H groups in total. The van der Waals surface area contributed by atoms with Crippen LogP contribution in [0.3, 0.4) is 0 Å². The number of rotatable bonds is 7. The number of nitrogens with one attached hydrogen (secondary N) is 1. The molecule has 0 aromatic heterocycles. The third kappa shape index (κ3) is 5.20. The Kier molecular flexibility index (Phi) is 6.41. The fourth-order valence-corrected chi connectivity index (χ4v) is 2.63. The predicted molar refractivity (Wildman–Crippen MR) is 108 cm³/mol. The van der Waals surface area contributed by atoms with E-state index in [9.17, 15) is 9.59 Å². The van der Waals surface area contributed by atoms with Gasteiger partial charge in [0.1, 0.15) is 11.5 Å². The molecule has 0 saturated heterocycles. The second-order valence-corrected chi connectivity index (χ2v) is 6.07. The molecule has 0 fully saturated rings. The minimum absolute atomic E-state index is 0.348. The van der Waals surface area contributed by atoms with E-state index in [2.05, 4.69) is 5.32 Å². The molecule has 5 heteroatoms. The Balaban J connectivity index is 1.52. The summed E-state index contributed by atoms with van der Waals surface area (Å²) in [6, 6.07) is 23.5. The Labute approximate surface area is 163 Å². The molecule has 0 atom stereocenters. The van der Waals surface area contributed by atoms with Gasteiger partial charge in [0.05, 0.1) is 5.56 Å². The van der Waals surface area contributed by atoms with Crippen LogP contribution in [0.2, 0.25) is 0 Å². The Hall–Kier alpha value is -3.60. The highest BCUT2D eigenvalue weighted by atomic mass is 16.5. The van der Waals surface area contributed by atoms with Crippen molar-refractivity contribution in [3.63, 3.8) is 0 Å². The van der Waals surface area contributed by atoms with Crippen LogP contribution in [-0.4, -0.2) is 18.5 Å². The lowest BCUT2D eigenvalue weighted by atomic mass is 10.1. The molecule has 0 aliphatic heterocycles. The highest BCUT2D eigenvalue weighted by Crippen LogP contribution is 2.21. The van der Waals surface area contributed by atoms with Gasteiger partial charge < -0.3 is 14.8 Å². The lowest BCUT2D eigenvalue weighted by molar-refractivity contribution is -0.119. The van der Waals surface area contributed by atoms with Gasteiger partial charge in [0, 0.05) is 5.69 Å². The summed E-state index contributed by atoms with van der Waals surface area (Å²) in [6.45, 7) is 1.66. The minimum atomic E-state index is -0.565. The maximum Gasteiger partial charge on any atom is 0.338 e. The minimum Gasteiger partial charge on any atom is -0.457 e. The van der Waals surface area contributed by atoms with E-state index in [0.29, 0.717) is 17.1 Å². The Morgan fingerprint density at radius 1 is 0.821 bits per heavy atom. The van der Waals surface area contributed by atoms with E-state index < -0.39 is 5.97 Å². The summed E-state index contributed by atoms with van der Waals surface area (Å²) in [5.41, 5.74) is 2.10. The molecule has 0 bridgehead atoms. The molecule has 142 valence electrons. The second kappa shape index (κ2) is 9.37. The molecule has 0 aliphatic carbocycles. The van der Waals surface area contributed by atoms with Gasteiger partial charge in [-0.05, 0) is 54.4 Å². The Morgan fingerprint density at radius 3 is 2.18 bits per heavy atom. The first-order valence-electron chi connectivity index (χ1n) is 9.03. The van der Waals surface area contributed by atoms with Crippen LogP contribution < -0.4 is 10.1 Å². The predicted octanol–water partition coefficient (Wildman–Crippen LogP) is 4.84. The fraction of sp³-hybridized carbons (Fsp3) is 0.130. The van der Waals surface area contributed by atoms with Crippen LogP contribution in [0, 0.1) is 0 Å². The van der Waals surface area contributed by atoms with Gasteiger partial charge in [-0.25, -0.2) is 4.79 Å². The summed E-state index contributed by atoms with van der Waals surface area (Å²) >= 11 is 0. The van der Waals surface area contributed by atoms with Crippen LogP contribution in [0.1, 0.15) is 22.8 Å². The van der Waals surface area contributed by atoms with Crippen molar-refractivity contribution < 1.29 is 19.1 Å². The van der Waals surface area contributed by atoms with Crippen molar-refractivity contribution in [2.75, 3.05) is 11.9 Å². The van der Waals surface area contributed by atoms with E-state index >= 15 is 0 Å². The summed E-state index contributed by atoms with van der Waals surface area (Å²) in [4.78, 5) is 24.2. The van der Waals surface area contributed by atoms with Crippen LogP contribution in [0.15, 0.2) is 78.9 Å². The molecule has 3 aromatic rings. The van der Waals surface area contributed by atoms with E-state index in [-0.39, 0.29) is 12.5 Å². The van der Waals surface area contributed by atoms with Gasteiger partial charge in [0.15, 0.2) is 6.61 Å². The highest BCUT2D eigenvalue weighted by molar-refractivity contribution is 5.95. The van der Waals surface area contributed by atoms with Gasteiger partial charge >= 0.3 is 5.97 Å². The SMILES string of the molecule is CCc1ccccc1NC(=O)COC(=O)c1ccc(Oc2ccccc2)cc1. The van der Waals surface area contributed by atoms with E-state index in [4.69, 9.17) is 9.47 Å². The molecule has 0 saturated carbocycles. The molecule has 28 heavy (non-hydrogen) atoms. The molecular weight excluding hydrogens is 354 g/mol. The monoisotopic (exact) mass is 375 g/mol. The first-order valence-corrected chi connectivity index (χ1v) is 9.03. The molecule has 0 aliphatic rings. The zero-order valence-electron chi connectivity index (χ0n) is 15.6. The Bertz CT molecular complexity index is 936. The highest BCUT2D eigenvalue weighted by Gasteiger charge is 2.11. The summed E-state index contributed by atoms with van der Waals surface area (Å²) < 4.78 is 10.8. The number of hydrogen-bond acceptors (Lipinski definition) is 4. The number of benzene rings is 3. The number of aryl methyl sites for hydroxylation is 1. The van der Waals surface area contributed by atoms with Crippen molar-refractivity contribution in [2.45, 2.75) is 13.3 Å². The molecule has 1 amide bonds. The Morgan fingerprint density at radius 2 is 1.46 bits per heavy atom.